The molecule has 1 fully saturated rings. The van der Waals surface area contributed by atoms with Crippen LogP contribution in [0.25, 0.3) is 11.3 Å². The molecule has 0 saturated heterocycles. The van der Waals surface area contributed by atoms with Gasteiger partial charge in [0.05, 0.1) is 12.8 Å². The number of benzene rings is 1. The van der Waals surface area contributed by atoms with E-state index in [0.29, 0.717) is 0 Å². The number of imidazole rings is 1. The molecule has 0 unspecified atom stereocenters. The lowest BCUT2D eigenvalue weighted by Crippen LogP contribution is -2.18. The van der Waals surface area contributed by atoms with Crippen molar-refractivity contribution in [3.63, 3.8) is 0 Å². The van der Waals surface area contributed by atoms with Crippen LogP contribution in [0.1, 0.15) is 58.7 Å². The van der Waals surface area contributed by atoms with Gasteiger partial charge in [-0.15, -0.1) is 0 Å². The van der Waals surface area contributed by atoms with Crippen molar-refractivity contribution in [2.75, 3.05) is 7.11 Å². The van der Waals surface area contributed by atoms with E-state index in [2.05, 4.69) is 43.7 Å². The first-order valence-electron chi connectivity index (χ1n) is 9.65. The molecular formula is C22H32N2O. The van der Waals surface area contributed by atoms with Crippen LogP contribution in [0.2, 0.25) is 0 Å². The second-order valence-corrected chi connectivity index (χ2v) is 8.67. The second-order valence-electron chi connectivity index (χ2n) is 8.67. The second kappa shape index (κ2) is 7.63. The van der Waals surface area contributed by atoms with Gasteiger partial charge in [-0.3, -0.25) is 0 Å². The average molecular weight is 341 g/mol. The van der Waals surface area contributed by atoms with Gasteiger partial charge in [0.15, 0.2) is 0 Å². The molecule has 1 aliphatic carbocycles. The summed E-state index contributed by atoms with van der Waals surface area (Å²) < 4.78 is 7.81. The Bertz CT molecular complexity index is 690. The lowest BCUT2D eigenvalue weighted by molar-refractivity contribution is 0.309. The lowest BCUT2D eigenvalue weighted by atomic mass is 9.89. The van der Waals surface area contributed by atoms with Crippen molar-refractivity contribution in [2.24, 2.45) is 11.3 Å². The fourth-order valence-corrected chi connectivity index (χ4v) is 3.80. The van der Waals surface area contributed by atoms with Crippen LogP contribution in [0.4, 0.5) is 0 Å². The molecule has 1 saturated carbocycles. The zero-order valence-corrected chi connectivity index (χ0v) is 16.2. The van der Waals surface area contributed by atoms with Gasteiger partial charge < -0.3 is 9.30 Å². The summed E-state index contributed by atoms with van der Waals surface area (Å²) in [4.78, 5) is 5.01. The summed E-state index contributed by atoms with van der Waals surface area (Å²) in [5.74, 6) is 2.91. The number of aromatic nitrogens is 2. The van der Waals surface area contributed by atoms with Crippen molar-refractivity contribution in [3.05, 3.63) is 36.3 Å². The highest BCUT2D eigenvalue weighted by atomic mass is 16.5. The van der Waals surface area contributed by atoms with Gasteiger partial charge >= 0.3 is 0 Å². The SMILES string of the molecule is COc1cccc(-c2cn(CC3CCCCC3)c(CC(C)(C)C)n2)c1. The molecule has 3 heteroatoms. The molecule has 1 heterocycles. The van der Waals surface area contributed by atoms with Crippen LogP contribution in [-0.4, -0.2) is 16.7 Å². The number of ether oxygens (including phenoxy) is 1. The highest BCUT2D eigenvalue weighted by Gasteiger charge is 2.21. The van der Waals surface area contributed by atoms with Gasteiger partial charge in [-0.25, -0.2) is 4.98 Å². The van der Waals surface area contributed by atoms with Gasteiger partial charge in [0.1, 0.15) is 11.6 Å². The van der Waals surface area contributed by atoms with E-state index in [0.717, 1.165) is 35.9 Å². The topological polar surface area (TPSA) is 27.1 Å². The largest absolute Gasteiger partial charge is 0.497 e. The Morgan fingerprint density at radius 2 is 1.92 bits per heavy atom. The zero-order valence-electron chi connectivity index (χ0n) is 16.2. The van der Waals surface area contributed by atoms with E-state index in [-0.39, 0.29) is 5.41 Å². The van der Waals surface area contributed by atoms with Crippen LogP contribution in [-0.2, 0) is 13.0 Å². The minimum Gasteiger partial charge on any atom is -0.497 e. The van der Waals surface area contributed by atoms with Crippen molar-refractivity contribution >= 4 is 0 Å². The standard InChI is InChI=1S/C22H32N2O/c1-22(2,3)14-21-23-20(18-11-8-12-19(13-18)25-4)16-24(21)15-17-9-6-5-7-10-17/h8,11-13,16-17H,5-7,9-10,14-15H2,1-4H3. The third-order valence-electron chi connectivity index (χ3n) is 5.09. The number of hydrogen-bond acceptors (Lipinski definition) is 2. The van der Waals surface area contributed by atoms with Gasteiger partial charge in [0.2, 0.25) is 0 Å². The molecule has 3 nitrogen and oxygen atoms in total. The first-order chi connectivity index (χ1) is 11.9. The molecule has 25 heavy (non-hydrogen) atoms. The molecule has 0 amide bonds. The molecule has 3 rings (SSSR count). The highest BCUT2D eigenvalue weighted by Crippen LogP contribution is 2.30. The molecule has 0 N–H and O–H groups in total. The van der Waals surface area contributed by atoms with Crippen molar-refractivity contribution in [1.29, 1.82) is 0 Å². The molecule has 1 aliphatic rings. The predicted octanol–water partition coefficient (Wildman–Crippen LogP) is 5.73. The van der Waals surface area contributed by atoms with E-state index in [1.807, 2.05) is 12.1 Å². The summed E-state index contributed by atoms with van der Waals surface area (Å²) in [6, 6.07) is 8.22. The summed E-state index contributed by atoms with van der Waals surface area (Å²) in [5.41, 5.74) is 2.44. The normalized spacial score (nSPS) is 16.2. The maximum atomic E-state index is 5.38. The van der Waals surface area contributed by atoms with Gasteiger partial charge in [-0.05, 0) is 36.3 Å². The van der Waals surface area contributed by atoms with Crippen LogP contribution in [0, 0.1) is 11.3 Å². The smallest absolute Gasteiger partial charge is 0.119 e. The first-order valence-corrected chi connectivity index (χ1v) is 9.65. The van der Waals surface area contributed by atoms with E-state index in [9.17, 15) is 0 Å². The maximum Gasteiger partial charge on any atom is 0.119 e. The summed E-state index contributed by atoms with van der Waals surface area (Å²) in [6.07, 6.45) is 10.2. The molecule has 0 aliphatic heterocycles. The minimum atomic E-state index is 0.237. The van der Waals surface area contributed by atoms with E-state index in [1.54, 1.807) is 7.11 Å². The molecule has 2 aromatic rings. The third-order valence-corrected chi connectivity index (χ3v) is 5.09. The van der Waals surface area contributed by atoms with Crippen molar-refractivity contribution in [3.8, 4) is 17.0 Å². The summed E-state index contributed by atoms with van der Waals surface area (Å²) in [7, 11) is 1.71. The van der Waals surface area contributed by atoms with Crippen LogP contribution >= 0.6 is 0 Å². The molecule has 0 radical (unpaired) electrons. The number of methoxy groups -OCH3 is 1. The number of nitrogens with zero attached hydrogens (tertiary/aromatic N) is 2. The van der Waals surface area contributed by atoms with Crippen LogP contribution in [0.15, 0.2) is 30.5 Å². The fraction of sp³-hybridized carbons (Fsp3) is 0.591. The molecule has 136 valence electrons. The van der Waals surface area contributed by atoms with Crippen LogP contribution < -0.4 is 4.74 Å². The zero-order chi connectivity index (χ0) is 17.9. The van der Waals surface area contributed by atoms with E-state index in [4.69, 9.17) is 9.72 Å². The quantitative estimate of drug-likeness (QED) is 0.695. The fourth-order valence-electron chi connectivity index (χ4n) is 3.80. The summed E-state index contributed by atoms with van der Waals surface area (Å²) in [6.45, 7) is 7.98. The van der Waals surface area contributed by atoms with Crippen molar-refractivity contribution in [2.45, 2.75) is 65.8 Å². The van der Waals surface area contributed by atoms with Gasteiger partial charge in [-0.1, -0.05) is 52.2 Å². The van der Waals surface area contributed by atoms with Crippen molar-refractivity contribution < 1.29 is 4.74 Å². The van der Waals surface area contributed by atoms with E-state index in [1.165, 1.54) is 37.9 Å². The Hall–Kier alpha value is -1.77. The molecular weight excluding hydrogens is 308 g/mol. The van der Waals surface area contributed by atoms with Crippen molar-refractivity contribution in [1.82, 2.24) is 9.55 Å². The molecule has 1 aromatic heterocycles. The Labute approximate surface area is 152 Å². The van der Waals surface area contributed by atoms with Crippen LogP contribution in [0.3, 0.4) is 0 Å². The Balaban J connectivity index is 1.89. The molecule has 0 atom stereocenters. The number of rotatable bonds is 5. The van der Waals surface area contributed by atoms with Gasteiger partial charge in [0, 0.05) is 24.7 Å². The maximum absolute atomic E-state index is 5.38. The van der Waals surface area contributed by atoms with E-state index < -0.39 is 0 Å². The molecule has 1 aromatic carbocycles. The molecule has 0 spiro atoms. The molecule has 0 bridgehead atoms. The first kappa shape index (κ1) is 18.0. The van der Waals surface area contributed by atoms with Crippen LogP contribution in [0.5, 0.6) is 5.75 Å². The Morgan fingerprint density at radius 1 is 1.16 bits per heavy atom. The summed E-state index contributed by atoms with van der Waals surface area (Å²) >= 11 is 0. The average Bonchev–Trinajstić information content (AvgIpc) is 2.96. The lowest BCUT2D eigenvalue weighted by Gasteiger charge is -2.24. The predicted molar refractivity (Wildman–Crippen MR) is 104 cm³/mol. The Kier molecular flexibility index (Phi) is 5.51. The minimum absolute atomic E-state index is 0.237. The number of hydrogen-bond donors (Lipinski definition) is 0. The van der Waals surface area contributed by atoms with Gasteiger partial charge in [0.25, 0.3) is 0 Å². The van der Waals surface area contributed by atoms with Gasteiger partial charge in [-0.2, -0.15) is 0 Å². The summed E-state index contributed by atoms with van der Waals surface area (Å²) in [5, 5.41) is 0. The van der Waals surface area contributed by atoms with E-state index >= 15 is 0 Å². The monoisotopic (exact) mass is 340 g/mol. The highest BCUT2D eigenvalue weighted by molar-refractivity contribution is 5.60. The Morgan fingerprint density at radius 3 is 2.60 bits per heavy atom. The third kappa shape index (κ3) is 4.87.